The number of hydrogen-bond donors (Lipinski definition) is 0. The molecule has 0 atom stereocenters. The maximum absolute atomic E-state index is 6.72. The molecule has 0 N–H and O–H groups in total. The molecule has 0 fully saturated rings. The van der Waals surface area contributed by atoms with Gasteiger partial charge in [0.1, 0.15) is 11.2 Å². The fourth-order valence-corrected chi connectivity index (χ4v) is 9.71. The first-order valence-corrected chi connectivity index (χ1v) is 21.5. The predicted octanol–water partition coefficient (Wildman–Crippen LogP) is 16.8. The Morgan fingerprint density at radius 2 is 0.810 bits per heavy atom. The molecule has 0 unspecified atom stereocenters. The van der Waals surface area contributed by atoms with Crippen LogP contribution in [-0.4, -0.2) is 4.57 Å². The zero-order valence-electron chi connectivity index (χ0n) is 34.4. The molecule has 12 rings (SSSR count). The lowest BCUT2D eigenvalue weighted by Gasteiger charge is -2.30. The molecular weight excluding hydrogens is 765 g/mol. The van der Waals surface area contributed by atoms with Crippen LogP contribution in [0.1, 0.15) is 0 Å². The number of aromatic nitrogens is 1. The van der Waals surface area contributed by atoms with E-state index in [-0.39, 0.29) is 0 Å². The van der Waals surface area contributed by atoms with Gasteiger partial charge in [-0.2, -0.15) is 0 Å². The van der Waals surface area contributed by atoms with E-state index in [9.17, 15) is 0 Å². The van der Waals surface area contributed by atoms with Crippen LogP contribution in [0.5, 0.6) is 0 Å². The van der Waals surface area contributed by atoms with Crippen LogP contribution in [-0.2, 0) is 0 Å². The monoisotopic (exact) mass is 804 g/mol. The number of furan rings is 1. The van der Waals surface area contributed by atoms with Crippen LogP contribution >= 0.6 is 0 Å². The minimum absolute atomic E-state index is 0.879. The van der Waals surface area contributed by atoms with Crippen LogP contribution in [0.4, 0.5) is 17.1 Å². The smallest absolute Gasteiger partial charge is 0.143 e. The van der Waals surface area contributed by atoms with Crippen LogP contribution in [0.15, 0.2) is 247 Å². The second-order valence-electron chi connectivity index (χ2n) is 16.0. The Bertz CT molecular complexity index is 3620. The summed E-state index contributed by atoms with van der Waals surface area (Å²) in [5, 5.41) is 4.55. The molecule has 296 valence electrons. The highest BCUT2D eigenvalue weighted by Gasteiger charge is 2.27. The lowest BCUT2D eigenvalue weighted by Crippen LogP contribution is -2.13. The van der Waals surface area contributed by atoms with Gasteiger partial charge in [-0.1, -0.05) is 200 Å². The summed E-state index contributed by atoms with van der Waals surface area (Å²) in [5.74, 6) is 0. The number of anilines is 3. The lowest BCUT2D eigenvalue weighted by atomic mass is 9.93. The van der Waals surface area contributed by atoms with Gasteiger partial charge in [0.25, 0.3) is 0 Å². The molecule has 0 saturated heterocycles. The second kappa shape index (κ2) is 15.3. The molecule has 2 aromatic heterocycles. The van der Waals surface area contributed by atoms with Gasteiger partial charge in [0, 0.05) is 43.8 Å². The number of hydrogen-bond acceptors (Lipinski definition) is 2. The van der Waals surface area contributed by atoms with Gasteiger partial charge in [-0.3, -0.25) is 0 Å². The molecule has 3 heteroatoms. The summed E-state index contributed by atoms with van der Waals surface area (Å²) in [6.07, 6.45) is 0. The second-order valence-corrected chi connectivity index (χ2v) is 16.0. The van der Waals surface area contributed by atoms with Gasteiger partial charge in [0.15, 0.2) is 0 Å². The van der Waals surface area contributed by atoms with E-state index < -0.39 is 0 Å². The Morgan fingerprint density at radius 3 is 1.57 bits per heavy atom. The average Bonchev–Trinajstić information content (AvgIpc) is 3.92. The largest absolute Gasteiger partial charge is 0.455 e. The molecule has 0 aliphatic carbocycles. The SMILES string of the molecule is c1ccc(-c2ccccc2N(c2ccccc2-c2cccc3c2oc2ccccc23)c2cccc3c2c2ccccc2n3-c2cccc(-c3ccccc3)c2-c2ccccc2)cc1. The highest BCUT2D eigenvalue weighted by Crippen LogP contribution is 2.50. The summed E-state index contributed by atoms with van der Waals surface area (Å²) in [6, 6.07) is 87.1. The summed E-state index contributed by atoms with van der Waals surface area (Å²) in [5.41, 5.74) is 17.5. The molecule has 0 saturated carbocycles. The molecule has 0 aliphatic rings. The van der Waals surface area contributed by atoms with E-state index in [1.54, 1.807) is 0 Å². The van der Waals surface area contributed by atoms with Gasteiger partial charge in [-0.05, 0) is 64.7 Å². The van der Waals surface area contributed by atoms with Crippen molar-refractivity contribution >= 4 is 60.8 Å². The van der Waals surface area contributed by atoms with Gasteiger partial charge < -0.3 is 13.9 Å². The molecule has 12 aromatic rings. The van der Waals surface area contributed by atoms with Crippen molar-refractivity contribution < 1.29 is 4.42 Å². The first-order valence-electron chi connectivity index (χ1n) is 21.5. The highest BCUT2D eigenvalue weighted by atomic mass is 16.3. The molecule has 10 aromatic carbocycles. The van der Waals surface area contributed by atoms with Crippen molar-refractivity contribution in [3.63, 3.8) is 0 Å². The Kier molecular flexibility index (Phi) is 8.83. The van der Waals surface area contributed by atoms with E-state index in [1.807, 2.05) is 6.07 Å². The Hall–Kier alpha value is -8.40. The van der Waals surface area contributed by atoms with Gasteiger partial charge in [-0.15, -0.1) is 0 Å². The third-order valence-corrected chi connectivity index (χ3v) is 12.4. The molecule has 0 amide bonds. The van der Waals surface area contributed by atoms with Crippen LogP contribution in [0.2, 0.25) is 0 Å². The summed E-state index contributed by atoms with van der Waals surface area (Å²) in [4.78, 5) is 2.48. The Morgan fingerprint density at radius 1 is 0.317 bits per heavy atom. The Labute approximate surface area is 366 Å². The zero-order valence-corrected chi connectivity index (χ0v) is 34.4. The van der Waals surface area contributed by atoms with Crippen LogP contribution in [0.25, 0.3) is 93.9 Å². The van der Waals surface area contributed by atoms with Gasteiger partial charge in [0.05, 0.1) is 33.8 Å². The van der Waals surface area contributed by atoms with Crippen molar-refractivity contribution in [3.05, 3.63) is 243 Å². The van der Waals surface area contributed by atoms with Crippen molar-refractivity contribution in [1.29, 1.82) is 0 Å². The first kappa shape index (κ1) is 36.5. The van der Waals surface area contributed by atoms with Crippen molar-refractivity contribution in [2.75, 3.05) is 4.90 Å². The first-order chi connectivity index (χ1) is 31.3. The number of fused-ring (bicyclic) bond motifs is 6. The van der Waals surface area contributed by atoms with Crippen LogP contribution in [0.3, 0.4) is 0 Å². The third kappa shape index (κ3) is 6.05. The van der Waals surface area contributed by atoms with E-state index in [2.05, 4.69) is 246 Å². The molecule has 0 aliphatic heterocycles. The quantitative estimate of drug-likeness (QED) is 0.153. The van der Waals surface area contributed by atoms with E-state index in [0.29, 0.717) is 0 Å². The molecule has 2 heterocycles. The summed E-state index contributed by atoms with van der Waals surface area (Å²) >= 11 is 0. The summed E-state index contributed by atoms with van der Waals surface area (Å²) in [7, 11) is 0. The minimum Gasteiger partial charge on any atom is -0.455 e. The molecular formula is C60H40N2O. The molecule has 0 radical (unpaired) electrons. The lowest BCUT2D eigenvalue weighted by molar-refractivity contribution is 0.670. The molecule has 0 spiro atoms. The zero-order chi connectivity index (χ0) is 41.7. The Balaban J connectivity index is 1.18. The standard InChI is InChI=1S/C60H40N2O/c1-4-21-41(22-5-1)44-27-10-14-34-51(44)61(52-35-15-11-28-46(52)48-32-18-33-49-47-29-13-17-40-57(47)63-60(48)49)55-38-20-39-56-59(55)50-30-12-16-36-53(50)62(56)54-37-19-31-45(42-23-6-2-7-24-42)58(54)43-25-8-3-9-26-43/h1-40H. The van der Waals surface area contributed by atoms with E-state index in [0.717, 1.165) is 83.4 Å². The van der Waals surface area contributed by atoms with Gasteiger partial charge in [-0.25, -0.2) is 0 Å². The number of para-hydroxylation sites is 5. The average molecular weight is 805 g/mol. The number of nitrogens with zero attached hydrogens (tertiary/aromatic N) is 2. The maximum Gasteiger partial charge on any atom is 0.143 e. The normalized spacial score (nSPS) is 11.5. The fraction of sp³-hybridized carbons (Fsp3) is 0. The van der Waals surface area contributed by atoms with Gasteiger partial charge >= 0.3 is 0 Å². The highest BCUT2D eigenvalue weighted by molar-refractivity contribution is 6.18. The number of rotatable bonds is 8. The maximum atomic E-state index is 6.72. The van der Waals surface area contributed by atoms with Crippen molar-refractivity contribution in [2.24, 2.45) is 0 Å². The number of benzene rings is 10. The van der Waals surface area contributed by atoms with E-state index in [4.69, 9.17) is 4.42 Å². The molecule has 0 bridgehead atoms. The van der Waals surface area contributed by atoms with E-state index in [1.165, 1.54) is 27.6 Å². The predicted molar refractivity (Wildman–Crippen MR) is 264 cm³/mol. The van der Waals surface area contributed by atoms with Crippen LogP contribution in [0, 0.1) is 0 Å². The van der Waals surface area contributed by atoms with Crippen molar-refractivity contribution in [2.45, 2.75) is 0 Å². The van der Waals surface area contributed by atoms with E-state index >= 15 is 0 Å². The third-order valence-electron chi connectivity index (χ3n) is 12.4. The molecule has 63 heavy (non-hydrogen) atoms. The van der Waals surface area contributed by atoms with Crippen molar-refractivity contribution in [1.82, 2.24) is 4.57 Å². The summed E-state index contributed by atoms with van der Waals surface area (Å²) < 4.78 is 9.20. The minimum atomic E-state index is 0.879. The summed E-state index contributed by atoms with van der Waals surface area (Å²) in [6.45, 7) is 0. The fourth-order valence-electron chi connectivity index (χ4n) is 9.71. The van der Waals surface area contributed by atoms with Crippen LogP contribution < -0.4 is 4.90 Å². The van der Waals surface area contributed by atoms with Crippen molar-refractivity contribution in [3.8, 4) is 50.2 Å². The van der Waals surface area contributed by atoms with Gasteiger partial charge in [0.2, 0.25) is 0 Å². The topological polar surface area (TPSA) is 21.3 Å². The molecule has 3 nitrogen and oxygen atoms in total.